The fourth-order valence-corrected chi connectivity index (χ4v) is 3.75. The van der Waals surface area contributed by atoms with Crippen molar-refractivity contribution in [3.8, 4) is 0 Å². The van der Waals surface area contributed by atoms with E-state index in [1.165, 1.54) is 0 Å². The molecular formula is C24H31FN2O2. The Balaban J connectivity index is 1.72. The number of anilines is 1. The Labute approximate surface area is 173 Å². The van der Waals surface area contributed by atoms with Gasteiger partial charge in [0.1, 0.15) is 12.3 Å². The summed E-state index contributed by atoms with van der Waals surface area (Å²) in [7, 11) is 0. The molecule has 2 aromatic carbocycles. The predicted octanol–water partition coefficient (Wildman–Crippen LogP) is 5.56. The minimum atomic E-state index is -0.481. The van der Waals surface area contributed by atoms with Gasteiger partial charge in [0.15, 0.2) is 0 Å². The van der Waals surface area contributed by atoms with Crippen LogP contribution in [0.2, 0.25) is 0 Å². The summed E-state index contributed by atoms with van der Waals surface area (Å²) in [4.78, 5) is 16.6. The molecule has 0 N–H and O–H groups in total. The van der Waals surface area contributed by atoms with Crippen molar-refractivity contribution in [3.05, 3.63) is 65.7 Å². The second-order valence-corrected chi connectivity index (χ2v) is 8.62. The molecule has 1 saturated heterocycles. The second kappa shape index (κ2) is 9.29. The second-order valence-electron chi connectivity index (χ2n) is 8.62. The number of alkyl halides is 1. The van der Waals surface area contributed by atoms with E-state index in [2.05, 4.69) is 17.0 Å². The minimum Gasteiger partial charge on any atom is -0.444 e. The predicted molar refractivity (Wildman–Crippen MR) is 115 cm³/mol. The number of nitrogens with zero attached hydrogens (tertiary/aromatic N) is 2. The van der Waals surface area contributed by atoms with Crippen LogP contribution in [-0.2, 0) is 18.0 Å². The van der Waals surface area contributed by atoms with Crippen molar-refractivity contribution >= 4 is 11.8 Å². The highest BCUT2D eigenvalue weighted by Gasteiger charge is 2.29. The Morgan fingerprint density at radius 1 is 1.07 bits per heavy atom. The molecule has 0 unspecified atom stereocenters. The summed E-state index contributed by atoms with van der Waals surface area (Å²) in [6, 6.07) is 18.3. The van der Waals surface area contributed by atoms with Crippen molar-refractivity contribution < 1.29 is 13.9 Å². The number of piperidine rings is 1. The zero-order valence-corrected chi connectivity index (χ0v) is 17.6. The van der Waals surface area contributed by atoms with Gasteiger partial charge in [-0.15, -0.1) is 0 Å². The third-order valence-corrected chi connectivity index (χ3v) is 5.14. The zero-order chi connectivity index (χ0) is 20.9. The number of amides is 1. The van der Waals surface area contributed by atoms with Crippen LogP contribution in [0.25, 0.3) is 0 Å². The first-order valence-electron chi connectivity index (χ1n) is 10.3. The molecule has 0 radical (unpaired) electrons. The topological polar surface area (TPSA) is 32.8 Å². The average Bonchev–Trinajstić information content (AvgIpc) is 2.72. The first-order valence-corrected chi connectivity index (χ1v) is 10.3. The molecule has 0 aromatic heterocycles. The Morgan fingerprint density at radius 3 is 2.34 bits per heavy atom. The molecule has 156 valence electrons. The number of halogens is 1. The van der Waals surface area contributed by atoms with Gasteiger partial charge in [-0.2, -0.15) is 0 Å². The molecule has 1 heterocycles. The van der Waals surface area contributed by atoms with Gasteiger partial charge in [0.25, 0.3) is 0 Å². The number of likely N-dealkylation sites (tertiary alicyclic amines) is 1. The van der Waals surface area contributed by atoms with E-state index < -0.39 is 12.3 Å². The number of benzene rings is 2. The number of carbonyl (C=O) groups is 1. The molecule has 0 saturated carbocycles. The van der Waals surface area contributed by atoms with Crippen LogP contribution in [0, 0.1) is 0 Å². The summed E-state index contributed by atoms with van der Waals surface area (Å²) in [5, 5.41) is 0. The van der Waals surface area contributed by atoms with Gasteiger partial charge in [-0.1, -0.05) is 42.5 Å². The standard InChI is InChI=1S/C24H31FN2O2/c1-24(2,3)29-23(28)26-14-12-22(13-15-26)27(21-10-5-4-6-11-21)18-20-9-7-8-19(16-20)17-25/h4-11,16,22H,12-15,17-18H2,1-3H3. The molecule has 4 nitrogen and oxygen atoms in total. The average molecular weight is 399 g/mol. The maximum absolute atomic E-state index is 13.1. The number of para-hydroxylation sites is 1. The molecule has 1 aliphatic heterocycles. The quantitative estimate of drug-likeness (QED) is 0.661. The van der Waals surface area contributed by atoms with E-state index in [-0.39, 0.29) is 6.09 Å². The molecule has 1 aliphatic rings. The molecule has 0 atom stereocenters. The molecule has 2 aromatic rings. The molecular weight excluding hydrogens is 367 g/mol. The highest BCUT2D eigenvalue weighted by atomic mass is 19.1. The van der Waals surface area contributed by atoms with Gasteiger partial charge in [0.05, 0.1) is 0 Å². The van der Waals surface area contributed by atoms with Gasteiger partial charge in [-0.3, -0.25) is 0 Å². The van der Waals surface area contributed by atoms with E-state index in [0.29, 0.717) is 24.7 Å². The van der Waals surface area contributed by atoms with Crippen molar-refractivity contribution in [1.82, 2.24) is 4.90 Å². The van der Waals surface area contributed by atoms with Gasteiger partial charge in [0, 0.05) is 31.4 Å². The molecule has 3 rings (SSSR count). The van der Waals surface area contributed by atoms with Crippen LogP contribution in [-0.4, -0.2) is 35.7 Å². The van der Waals surface area contributed by atoms with Crippen LogP contribution in [0.3, 0.4) is 0 Å². The maximum Gasteiger partial charge on any atom is 0.410 e. The molecule has 5 heteroatoms. The lowest BCUT2D eigenvalue weighted by molar-refractivity contribution is 0.0204. The fraction of sp³-hybridized carbons (Fsp3) is 0.458. The van der Waals surface area contributed by atoms with E-state index in [1.807, 2.05) is 63.2 Å². The summed E-state index contributed by atoms with van der Waals surface area (Å²) < 4.78 is 18.6. The van der Waals surface area contributed by atoms with Crippen molar-refractivity contribution in [1.29, 1.82) is 0 Å². The van der Waals surface area contributed by atoms with E-state index in [9.17, 15) is 9.18 Å². The fourth-order valence-electron chi connectivity index (χ4n) is 3.75. The highest BCUT2D eigenvalue weighted by molar-refractivity contribution is 5.68. The van der Waals surface area contributed by atoms with Crippen LogP contribution in [0.5, 0.6) is 0 Å². The Bertz CT molecular complexity index is 796. The molecule has 29 heavy (non-hydrogen) atoms. The summed E-state index contributed by atoms with van der Waals surface area (Å²) in [5.74, 6) is 0. The molecule has 1 amide bonds. The SMILES string of the molecule is CC(C)(C)OC(=O)N1CCC(N(Cc2cccc(CF)c2)c2ccccc2)CC1. The Morgan fingerprint density at radius 2 is 1.72 bits per heavy atom. The van der Waals surface area contributed by atoms with Crippen molar-refractivity contribution in [2.24, 2.45) is 0 Å². The van der Waals surface area contributed by atoms with Gasteiger partial charge in [-0.25, -0.2) is 9.18 Å². The lowest BCUT2D eigenvalue weighted by atomic mass is 10.0. The van der Waals surface area contributed by atoms with Crippen LogP contribution < -0.4 is 4.90 Å². The zero-order valence-electron chi connectivity index (χ0n) is 17.6. The first-order chi connectivity index (χ1) is 13.9. The van der Waals surface area contributed by atoms with Gasteiger partial charge in [-0.05, 0) is 56.9 Å². The van der Waals surface area contributed by atoms with E-state index >= 15 is 0 Å². The molecule has 0 spiro atoms. The largest absolute Gasteiger partial charge is 0.444 e. The third kappa shape index (κ3) is 5.96. The van der Waals surface area contributed by atoms with Gasteiger partial charge in [0.2, 0.25) is 0 Å². The van der Waals surface area contributed by atoms with Gasteiger partial charge < -0.3 is 14.5 Å². The number of ether oxygens (including phenoxy) is 1. The monoisotopic (exact) mass is 398 g/mol. The van der Waals surface area contributed by atoms with Crippen LogP contribution in [0.1, 0.15) is 44.7 Å². The number of carbonyl (C=O) groups excluding carboxylic acids is 1. The lowest BCUT2D eigenvalue weighted by Crippen LogP contribution is -2.48. The van der Waals surface area contributed by atoms with Gasteiger partial charge >= 0.3 is 6.09 Å². The summed E-state index contributed by atoms with van der Waals surface area (Å²) in [5.41, 5.74) is 2.47. The molecule has 1 fully saturated rings. The van der Waals surface area contributed by atoms with E-state index in [1.54, 1.807) is 4.90 Å². The first kappa shape index (κ1) is 21.2. The molecule has 0 aliphatic carbocycles. The maximum atomic E-state index is 13.1. The minimum absolute atomic E-state index is 0.238. The Hall–Kier alpha value is -2.56. The smallest absolute Gasteiger partial charge is 0.410 e. The number of hydrogen-bond donors (Lipinski definition) is 0. The summed E-state index contributed by atoms with van der Waals surface area (Å²) in [6.45, 7) is 7.28. The van der Waals surface area contributed by atoms with E-state index in [0.717, 1.165) is 30.6 Å². The van der Waals surface area contributed by atoms with Crippen LogP contribution in [0.4, 0.5) is 14.9 Å². The van der Waals surface area contributed by atoms with Crippen molar-refractivity contribution in [2.45, 2.75) is 58.5 Å². The van der Waals surface area contributed by atoms with Crippen molar-refractivity contribution in [2.75, 3.05) is 18.0 Å². The third-order valence-electron chi connectivity index (χ3n) is 5.14. The summed E-state index contributed by atoms with van der Waals surface area (Å²) in [6.07, 6.45) is 1.51. The van der Waals surface area contributed by atoms with Crippen LogP contribution >= 0.6 is 0 Å². The van der Waals surface area contributed by atoms with Crippen LogP contribution in [0.15, 0.2) is 54.6 Å². The van der Waals surface area contributed by atoms with Crippen molar-refractivity contribution in [3.63, 3.8) is 0 Å². The lowest BCUT2D eigenvalue weighted by Gasteiger charge is -2.40. The molecule has 0 bridgehead atoms. The highest BCUT2D eigenvalue weighted by Crippen LogP contribution is 2.27. The number of rotatable bonds is 5. The normalized spacial score (nSPS) is 15.2. The summed E-state index contributed by atoms with van der Waals surface area (Å²) >= 11 is 0. The Kier molecular flexibility index (Phi) is 6.78. The van der Waals surface area contributed by atoms with E-state index in [4.69, 9.17) is 4.74 Å². The number of hydrogen-bond acceptors (Lipinski definition) is 3.